The van der Waals surface area contributed by atoms with Crippen molar-refractivity contribution in [3.63, 3.8) is 0 Å². The third-order valence-corrected chi connectivity index (χ3v) is 4.46. The van der Waals surface area contributed by atoms with Crippen LogP contribution in [0.25, 0.3) is 0 Å². The summed E-state index contributed by atoms with van der Waals surface area (Å²) >= 11 is 0. The van der Waals surface area contributed by atoms with Crippen LogP contribution in [0.15, 0.2) is 17.2 Å². The van der Waals surface area contributed by atoms with Crippen molar-refractivity contribution in [2.45, 2.75) is 37.6 Å². The Bertz CT molecular complexity index is 588. The molecule has 2 rings (SSSR count). The molecule has 0 aromatic carbocycles. The number of rotatable bonds is 5. The zero-order valence-corrected chi connectivity index (χ0v) is 12.5. The lowest BCUT2D eigenvalue weighted by Crippen LogP contribution is -2.28. The minimum Gasteiger partial charge on any atom is -0.350 e. The molecule has 1 saturated carbocycles. The number of halogens is 1. The van der Waals surface area contributed by atoms with Crippen molar-refractivity contribution in [2.24, 2.45) is 5.92 Å². The molecule has 1 aliphatic carbocycles. The fourth-order valence-electron chi connectivity index (χ4n) is 1.85. The molecular formula is C12H17ClN2O3S. The number of amides is 1. The molecule has 19 heavy (non-hydrogen) atoms. The van der Waals surface area contributed by atoms with Gasteiger partial charge in [0, 0.05) is 29.5 Å². The van der Waals surface area contributed by atoms with E-state index in [1.807, 2.05) is 13.8 Å². The van der Waals surface area contributed by atoms with Crippen molar-refractivity contribution >= 4 is 25.6 Å². The number of aromatic nitrogens is 1. The fourth-order valence-corrected chi connectivity index (χ4v) is 2.59. The fraction of sp³-hybridized carbons (Fsp3) is 0.583. The minimum absolute atomic E-state index is 0.0196. The predicted octanol–water partition coefficient (Wildman–Crippen LogP) is 2.14. The molecular weight excluding hydrogens is 288 g/mol. The van der Waals surface area contributed by atoms with Crippen LogP contribution in [0.5, 0.6) is 0 Å². The molecule has 0 atom stereocenters. The van der Waals surface area contributed by atoms with Crippen molar-refractivity contribution in [2.75, 3.05) is 6.54 Å². The second-order valence-corrected chi connectivity index (χ2v) is 7.72. The summed E-state index contributed by atoms with van der Waals surface area (Å²) in [5.41, 5.74) is 0.329. The second-order valence-electron chi connectivity index (χ2n) is 5.15. The van der Waals surface area contributed by atoms with Gasteiger partial charge in [-0.2, -0.15) is 0 Å². The van der Waals surface area contributed by atoms with Crippen molar-refractivity contribution < 1.29 is 13.2 Å². The molecule has 1 heterocycles. The Morgan fingerprint density at radius 1 is 1.53 bits per heavy atom. The highest BCUT2D eigenvalue weighted by Gasteiger charge is 2.24. The van der Waals surface area contributed by atoms with Crippen LogP contribution in [0, 0.1) is 5.92 Å². The summed E-state index contributed by atoms with van der Waals surface area (Å²) in [6.45, 7) is 4.40. The van der Waals surface area contributed by atoms with E-state index in [0.717, 1.165) is 12.8 Å². The van der Waals surface area contributed by atoms with E-state index >= 15 is 0 Å². The van der Waals surface area contributed by atoms with Gasteiger partial charge in [-0.3, -0.25) is 4.79 Å². The van der Waals surface area contributed by atoms with Crippen molar-refractivity contribution in [3.8, 4) is 0 Å². The van der Waals surface area contributed by atoms with Gasteiger partial charge >= 0.3 is 0 Å². The molecule has 1 aromatic rings. The molecule has 0 unspecified atom stereocenters. The van der Waals surface area contributed by atoms with E-state index in [0.29, 0.717) is 18.2 Å². The molecule has 0 saturated heterocycles. The minimum atomic E-state index is -3.82. The Balaban J connectivity index is 2.26. The summed E-state index contributed by atoms with van der Waals surface area (Å²) in [7, 11) is 1.50. The largest absolute Gasteiger partial charge is 0.350 e. The first-order chi connectivity index (χ1) is 8.79. The van der Waals surface area contributed by atoms with Crippen LogP contribution < -0.4 is 5.32 Å². The number of carbonyl (C=O) groups is 1. The Labute approximate surface area is 117 Å². The smallest absolute Gasteiger partial charge is 0.267 e. The average molecular weight is 305 g/mol. The first-order valence-corrected chi connectivity index (χ1v) is 8.54. The van der Waals surface area contributed by atoms with Crippen molar-refractivity contribution in [1.29, 1.82) is 0 Å². The second kappa shape index (κ2) is 5.17. The molecule has 1 fully saturated rings. The highest BCUT2D eigenvalue weighted by molar-refractivity contribution is 8.13. The monoisotopic (exact) mass is 304 g/mol. The van der Waals surface area contributed by atoms with E-state index in [2.05, 4.69) is 5.32 Å². The van der Waals surface area contributed by atoms with Gasteiger partial charge in [0.25, 0.3) is 15.0 Å². The van der Waals surface area contributed by atoms with Gasteiger partial charge in [-0.05, 0) is 38.7 Å². The predicted molar refractivity (Wildman–Crippen MR) is 72.9 cm³/mol. The van der Waals surface area contributed by atoms with Crippen LogP contribution in [0.1, 0.15) is 43.2 Å². The Morgan fingerprint density at radius 3 is 2.63 bits per heavy atom. The summed E-state index contributed by atoms with van der Waals surface area (Å²) in [4.78, 5) is 12.0. The SMILES string of the molecule is CC(C)n1cc(S(=O)(=O)Cl)cc1C(=O)NCC1CC1. The lowest BCUT2D eigenvalue weighted by molar-refractivity contribution is 0.0941. The van der Waals surface area contributed by atoms with Crippen LogP contribution in [-0.2, 0) is 9.05 Å². The van der Waals surface area contributed by atoms with E-state index in [1.54, 1.807) is 4.57 Å². The normalized spacial score (nSPS) is 15.8. The highest BCUT2D eigenvalue weighted by atomic mass is 35.7. The number of nitrogens with one attached hydrogen (secondary N) is 1. The maximum absolute atomic E-state index is 12.1. The Morgan fingerprint density at radius 2 is 2.16 bits per heavy atom. The number of carbonyl (C=O) groups excluding carboxylic acids is 1. The summed E-state index contributed by atoms with van der Waals surface area (Å²) in [6.07, 6.45) is 3.69. The lowest BCUT2D eigenvalue weighted by atomic mass is 10.3. The molecule has 0 aliphatic heterocycles. The third-order valence-electron chi connectivity index (χ3n) is 3.14. The zero-order valence-electron chi connectivity index (χ0n) is 10.9. The molecule has 1 amide bonds. The van der Waals surface area contributed by atoms with Gasteiger partial charge in [-0.15, -0.1) is 0 Å². The molecule has 1 aliphatic rings. The maximum Gasteiger partial charge on any atom is 0.267 e. The molecule has 7 heteroatoms. The van der Waals surface area contributed by atoms with Crippen LogP contribution in [0.2, 0.25) is 0 Å². The quantitative estimate of drug-likeness (QED) is 0.847. The van der Waals surface area contributed by atoms with Crippen LogP contribution in [-0.4, -0.2) is 25.4 Å². The van der Waals surface area contributed by atoms with E-state index in [-0.39, 0.29) is 16.8 Å². The first-order valence-electron chi connectivity index (χ1n) is 6.23. The number of nitrogens with zero attached hydrogens (tertiary/aromatic N) is 1. The van der Waals surface area contributed by atoms with Crippen molar-refractivity contribution in [3.05, 3.63) is 18.0 Å². The average Bonchev–Trinajstić information content (AvgIpc) is 2.99. The van der Waals surface area contributed by atoms with Gasteiger partial charge in [0.05, 0.1) is 0 Å². The topological polar surface area (TPSA) is 68.2 Å². The molecule has 0 spiro atoms. The Kier molecular flexibility index (Phi) is 3.92. The zero-order chi connectivity index (χ0) is 14.2. The number of hydrogen-bond acceptors (Lipinski definition) is 3. The summed E-state index contributed by atoms with van der Waals surface area (Å²) in [6, 6.07) is 1.30. The summed E-state index contributed by atoms with van der Waals surface area (Å²) < 4.78 is 24.3. The van der Waals surface area contributed by atoms with E-state index in [4.69, 9.17) is 10.7 Å². The van der Waals surface area contributed by atoms with Gasteiger partial charge in [0.1, 0.15) is 10.6 Å². The van der Waals surface area contributed by atoms with Gasteiger partial charge in [-0.1, -0.05) is 0 Å². The third kappa shape index (κ3) is 3.51. The molecule has 1 aromatic heterocycles. The summed E-state index contributed by atoms with van der Waals surface area (Å²) in [5.74, 6) is 0.315. The van der Waals surface area contributed by atoms with E-state index in [9.17, 15) is 13.2 Å². The van der Waals surface area contributed by atoms with E-state index < -0.39 is 9.05 Å². The first kappa shape index (κ1) is 14.4. The molecule has 1 N–H and O–H groups in total. The van der Waals surface area contributed by atoms with Gasteiger partial charge in [0.2, 0.25) is 0 Å². The van der Waals surface area contributed by atoms with Gasteiger partial charge in [-0.25, -0.2) is 8.42 Å². The van der Waals surface area contributed by atoms with E-state index in [1.165, 1.54) is 12.3 Å². The van der Waals surface area contributed by atoms with Gasteiger partial charge < -0.3 is 9.88 Å². The van der Waals surface area contributed by atoms with Gasteiger partial charge in [0.15, 0.2) is 0 Å². The highest BCUT2D eigenvalue weighted by Crippen LogP contribution is 2.28. The van der Waals surface area contributed by atoms with Crippen LogP contribution >= 0.6 is 10.7 Å². The summed E-state index contributed by atoms with van der Waals surface area (Å²) in [5, 5.41) is 2.82. The van der Waals surface area contributed by atoms with Crippen LogP contribution in [0.4, 0.5) is 0 Å². The Hall–Kier alpha value is -1.01. The number of hydrogen-bond donors (Lipinski definition) is 1. The van der Waals surface area contributed by atoms with Crippen molar-refractivity contribution in [1.82, 2.24) is 9.88 Å². The molecule has 0 radical (unpaired) electrons. The maximum atomic E-state index is 12.1. The molecule has 5 nitrogen and oxygen atoms in total. The lowest BCUT2D eigenvalue weighted by Gasteiger charge is -2.12. The molecule has 0 bridgehead atoms. The van der Waals surface area contributed by atoms with Crippen LogP contribution in [0.3, 0.4) is 0 Å². The standard InChI is InChI=1S/C12H17ClN2O3S/c1-8(2)15-7-10(19(13,17)18)5-11(15)12(16)14-6-9-3-4-9/h5,7-9H,3-4,6H2,1-2H3,(H,14,16). The molecule has 106 valence electrons.